The molecule has 0 spiro atoms. The maximum atomic E-state index is 13.3. The Balaban J connectivity index is 2.61. The number of nitrogens with zero attached hydrogens (tertiary/aromatic N) is 1. The first-order valence-corrected chi connectivity index (χ1v) is 4.97. The fourth-order valence-electron chi connectivity index (χ4n) is 1.71. The molecule has 2 aromatic rings. The van der Waals surface area contributed by atoms with E-state index in [0.29, 0.717) is 5.56 Å². The summed E-state index contributed by atoms with van der Waals surface area (Å²) >= 11 is 0. The molecule has 0 bridgehead atoms. The second kappa shape index (κ2) is 4.16. The number of hydrogen-bond donors (Lipinski definition) is 0. The van der Waals surface area contributed by atoms with E-state index >= 15 is 0 Å². The van der Waals surface area contributed by atoms with Gasteiger partial charge in [0.1, 0.15) is 5.82 Å². The zero-order valence-electron chi connectivity index (χ0n) is 8.87. The van der Waals surface area contributed by atoms with Crippen molar-refractivity contribution in [1.29, 1.82) is 5.26 Å². The van der Waals surface area contributed by atoms with Gasteiger partial charge in [0.05, 0.1) is 11.6 Å². The van der Waals surface area contributed by atoms with Gasteiger partial charge in [0.25, 0.3) is 0 Å². The monoisotopic (exact) mass is 211 g/mol. The lowest BCUT2D eigenvalue weighted by atomic mass is 9.99. The molecule has 0 aromatic heterocycles. The Hall–Kier alpha value is -2.14. The Bertz CT molecular complexity index is 567. The zero-order valence-corrected chi connectivity index (χ0v) is 8.87. The third-order valence-corrected chi connectivity index (χ3v) is 2.48. The van der Waals surface area contributed by atoms with Gasteiger partial charge in [-0.05, 0) is 41.8 Å². The summed E-state index contributed by atoms with van der Waals surface area (Å²) in [5.41, 5.74) is 3.11. The molecule has 0 heterocycles. The largest absolute Gasteiger partial charge is 0.207 e. The first-order valence-electron chi connectivity index (χ1n) is 4.97. The van der Waals surface area contributed by atoms with Crippen LogP contribution < -0.4 is 0 Å². The molecule has 0 atom stereocenters. The fraction of sp³-hybridized carbons (Fsp3) is 0.0714. The molecule has 0 N–H and O–H groups in total. The highest BCUT2D eigenvalue weighted by Gasteiger charge is 2.04. The SMILES string of the molecule is Cc1ccccc1-c1cc(F)cc(C#N)c1. The second-order valence-electron chi connectivity index (χ2n) is 3.66. The molecule has 0 aliphatic heterocycles. The molecule has 78 valence electrons. The third kappa shape index (κ3) is 1.94. The van der Waals surface area contributed by atoms with Gasteiger partial charge in [0.2, 0.25) is 0 Å². The van der Waals surface area contributed by atoms with Crippen molar-refractivity contribution < 1.29 is 4.39 Å². The Labute approximate surface area is 93.8 Å². The van der Waals surface area contributed by atoms with E-state index in [1.807, 2.05) is 37.3 Å². The van der Waals surface area contributed by atoms with E-state index in [4.69, 9.17) is 5.26 Å². The van der Waals surface area contributed by atoms with Gasteiger partial charge in [0.15, 0.2) is 0 Å². The standard InChI is InChI=1S/C14H10FN/c1-10-4-2-3-5-14(10)12-6-11(9-16)7-13(15)8-12/h2-8H,1H3. The van der Waals surface area contributed by atoms with E-state index in [-0.39, 0.29) is 5.82 Å². The molecule has 2 rings (SSSR count). The molecule has 0 aliphatic rings. The summed E-state index contributed by atoms with van der Waals surface area (Å²) in [4.78, 5) is 0. The molecule has 0 radical (unpaired) electrons. The highest BCUT2D eigenvalue weighted by molar-refractivity contribution is 5.68. The predicted molar refractivity (Wildman–Crippen MR) is 61.3 cm³/mol. The van der Waals surface area contributed by atoms with E-state index in [1.165, 1.54) is 12.1 Å². The number of benzene rings is 2. The van der Waals surface area contributed by atoms with Crippen LogP contribution in [-0.4, -0.2) is 0 Å². The van der Waals surface area contributed by atoms with Crippen LogP contribution in [0.3, 0.4) is 0 Å². The van der Waals surface area contributed by atoms with Crippen LogP contribution in [0.5, 0.6) is 0 Å². The maximum absolute atomic E-state index is 13.3. The van der Waals surface area contributed by atoms with Crippen molar-refractivity contribution in [2.75, 3.05) is 0 Å². The van der Waals surface area contributed by atoms with Gasteiger partial charge in [-0.2, -0.15) is 5.26 Å². The number of rotatable bonds is 1. The van der Waals surface area contributed by atoms with Crippen molar-refractivity contribution in [2.45, 2.75) is 6.92 Å². The van der Waals surface area contributed by atoms with Crippen LogP contribution in [0.4, 0.5) is 4.39 Å². The molecule has 2 aromatic carbocycles. The van der Waals surface area contributed by atoms with Crippen molar-refractivity contribution >= 4 is 0 Å². The van der Waals surface area contributed by atoms with Crippen molar-refractivity contribution in [3.63, 3.8) is 0 Å². The van der Waals surface area contributed by atoms with E-state index in [9.17, 15) is 4.39 Å². The first-order chi connectivity index (χ1) is 7.70. The van der Waals surface area contributed by atoms with Crippen LogP contribution in [-0.2, 0) is 0 Å². The quantitative estimate of drug-likeness (QED) is 0.706. The minimum Gasteiger partial charge on any atom is -0.207 e. The predicted octanol–water partition coefficient (Wildman–Crippen LogP) is 3.67. The highest BCUT2D eigenvalue weighted by Crippen LogP contribution is 2.24. The third-order valence-electron chi connectivity index (χ3n) is 2.48. The maximum Gasteiger partial charge on any atom is 0.125 e. The normalized spacial score (nSPS) is 9.81. The summed E-state index contributed by atoms with van der Waals surface area (Å²) in [6.07, 6.45) is 0. The van der Waals surface area contributed by atoms with Gasteiger partial charge in [-0.1, -0.05) is 24.3 Å². The zero-order chi connectivity index (χ0) is 11.5. The average molecular weight is 211 g/mol. The summed E-state index contributed by atoms with van der Waals surface area (Å²) in [7, 11) is 0. The molecular formula is C14H10FN. The molecule has 0 fully saturated rings. The Morgan fingerprint density at radius 3 is 2.56 bits per heavy atom. The van der Waals surface area contributed by atoms with Gasteiger partial charge in [0, 0.05) is 0 Å². The summed E-state index contributed by atoms with van der Waals surface area (Å²) in [5, 5.41) is 8.79. The van der Waals surface area contributed by atoms with Gasteiger partial charge in [-0.15, -0.1) is 0 Å². The molecule has 0 amide bonds. The van der Waals surface area contributed by atoms with Crippen molar-refractivity contribution in [1.82, 2.24) is 0 Å². The Morgan fingerprint density at radius 2 is 1.88 bits per heavy atom. The van der Waals surface area contributed by atoms with Crippen LogP contribution >= 0.6 is 0 Å². The van der Waals surface area contributed by atoms with Crippen LogP contribution in [0.15, 0.2) is 42.5 Å². The molecule has 0 aliphatic carbocycles. The topological polar surface area (TPSA) is 23.8 Å². The molecule has 1 nitrogen and oxygen atoms in total. The van der Waals surface area contributed by atoms with Crippen molar-refractivity contribution in [3.8, 4) is 17.2 Å². The molecular weight excluding hydrogens is 201 g/mol. The van der Waals surface area contributed by atoms with Crippen LogP contribution in [0, 0.1) is 24.1 Å². The summed E-state index contributed by atoms with van der Waals surface area (Å²) in [5.74, 6) is -0.377. The van der Waals surface area contributed by atoms with Crippen LogP contribution in [0.25, 0.3) is 11.1 Å². The molecule has 0 unspecified atom stereocenters. The fourth-order valence-corrected chi connectivity index (χ4v) is 1.71. The lowest BCUT2D eigenvalue weighted by Gasteiger charge is -2.06. The molecule has 2 heteroatoms. The number of halogens is 1. The Kier molecular flexibility index (Phi) is 2.70. The number of aryl methyl sites for hydroxylation is 1. The highest BCUT2D eigenvalue weighted by atomic mass is 19.1. The molecule has 0 saturated heterocycles. The summed E-state index contributed by atoms with van der Waals surface area (Å²) < 4.78 is 13.3. The van der Waals surface area contributed by atoms with E-state index < -0.39 is 0 Å². The minimum atomic E-state index is -0.377. The molecule has 16 heavy (non-hydrogen) atoms. The molecule has 0 saturated carbocycles. The van der Waals surface area contributed by atoms with Crippen molar-refractivity contribution in [3.05, 3.63) is 59.4 Å². The van der Waals surface area contributed by atoms with E-state index in [0.717, 1.165) is 16.7 Å². The number of nitriles is 1. The van der Waals surface area contributed by atoms with Crippen LogP contribution in [0.1, 0.15) is 11.1 Å². The summed E-state index contributed by atoms with van der Waals surface area (Å²) in [6.45, 7) is 1.96. The smallest absolute Gasteiger partial charge is 0.125 e. The average Bonchev–Trinajstić information content (AvgIpc) is 2.28. The van der Waals surface area contributed by atoms with Gasteiger partial charge in [-0.25, -0.2) is 4.39 Å². The van der Waals surface area contributed by atoms with Gasteiger partial charge < -0.3 is 0 Å². The summed E-state index contributed by atoms with van der Waals surface area (Å²) in [6, 6.07) is 14.1. The minimum absolute atomic E-state index is 0.346. The van der Waals surface area contributed by atoms with E-state index in [1.54, 1.807) is 6.07 Å². The lowest BCUT2D eigenvalue weighted by molar-refractivity contribution is 0.628. The lowest BCUT2D eigenvalue weighted by Crippen LogP contribution is -1.86. The van der Waals surface area contributed by atoms with Crippen LogP contribution in [0.2, 0.25) is 0 Å². The van der Waals surface area contributed by atoms with E-state index in [2.05, 4.69) is 0 Å². The van der Waals surface area contributed by atoms with Gasteiger partial charge in [-0.3, -0.25) is 0 Å². The number of hydrogen-bond acceptors (Lipinski definition) is 1. The van der Waals surface area contributed by atoms with Crippen molar-refractivity contribution in [2.24, 2.45) is 0 Å². The first kappa shape index (κ1) is 10.4. The Morgan fingerprint density at radius 1 is 1.12 bits per heavy atom. The second-order valence-corrected chi connectivity index (χ2v) is 3.66. The van der Waals surface area contributed by atoms with Gasteiger partial charge >= 0.3 is 0 Å².